The first-order valence-electron chi connectivity index (χ1n) is 12.6. The molecule has 2 aromatic rings. The number of fused-ring (bicyclic) bond motifs is 1. The first-order chi connectivity index (χ1) is 16.7. The van der Waals surface area contributed by atoms with E-state index in [1.54, 1.807) is 18.5 Å². The number of aliphatic hydroxyl groups excluding tert-OH is 1. The van der Waals surface area contributed by atoms with Gasteiger partial charge in [-0.2, -0.15) is 0 Å². The van der Waals surface area contributed by atoms with Crippen LogP contribution in [-0.4, -0.2) is 34.1 Å². The lowest BCUT2D eigenvalue weighted by Crippen LogP contribution is -2.58. The van der Waals surface area contributed by atoms with E-state index in [2.05, 4.69) is 29.5 Å². The number of benzene rings is 1. The summed E-state index contributed by atoms with van der Waals surface area (Å²) < 4.78 is 13.6. The molecule has 4 rings (SSSR count). The maximum absolute atomic E-state index is 13.6. The van der Waals surface area contributed by atoms with Gasteiger partial charge in [-0.1, -0.05) is 32.9 Å². The highest BCUT2D eigenvalue weighted by atomic mass is 19.1. The number of halogens is 1. The Morgan fingerprint density at radius 3 is 2.71 bits per heavy atom. The second-order valence-corrected chi connectivity index (χ2v) is 10.7. The van der Waals surface area contributed by atoms with Crippen molar-refractivity contribution in [3.63, 3.8) is 0 Å². The zero-order valence-corrected chi connectivity index (χ0v) is 20.7. The monoisotopic (exact) mass is 481 g/mol. The fourth-order valence-corrected chi connectivity index (χ4v) is 6.43. The summed E-state index contributed by atoms with van der Waals surface area (Å²) in [7, 11) is 0. The van der Waals surface area contributed by atoms with Crippen molar-refractivity contribution in [2.24, 2.45) is 29.1 Å². The van der Waals surface area contributed by atoms with E-state index in [1.807, 2.05) is 19.1 Å². The molecule has 0 aliphatic heterocycles. The Hall–Kier alpha value is -2.80. The van der Waals surface area contributed by atoms with E-state index in [0.29, 0.717) is 12.1 Å². The summed E-state index contributed by atoms with van der Waals surface area (Å²) in [4.78, 5) is 29.8. The van der Waals surface area contributed by atoms with Gasteiger partial charge in [0.05, 0.1) is 6.10 Å². The van der Waals surface area contributed by atoms with Gasteiger partial charge < -0.3 is 15.7 Å². The Balaban J connectivity index is 1.43. The number of hydrogen-bond acceptors (Lipinski definition) is 4. The summed E-state index contributed by atoms with van der Waals surface area (Å²) in [6.45, 7) is 6.61. The van der Waals surface area contributed by atoms with Gasteiger partial charge >= 0.3 is 0 Å². The molecular formula is C28H36FN3O3. The number of pyridine rings is 1. The summed E-state index contributed by atoms with van der Waals surface area (Å²) in [5, 5.41) is 17.6. The van der Waals surface area contributed by atoms with Crippen molar-refractivity contribution < 1.29 is 19.1 Å². The first kappa shape index (κ1) is 25.3. The third-order valence-electron chi connectivity index (χ3n) is 8.54. The average Bonchev–Trinajstić information content (AvgIpc) is 2.84. The molecule has 188 valence electrons. The highest BCUT2D eigenvalue weighted by Crippen LogP contribution is 2.55. The molecule has 2 fully saturated rings. The summed E-state index contributed by atoms with van der Waals surface area (Å²) >= 11 is 0. The molecule has 2 amide bonds. The van der Waals surface area contributed by atoms with Crippen molar-refractivity contribution >= 4 is 11.8 Å². The summed E-state index contributed by atoms with van der Waals surface area (Å²) in [5.74, 6) is -1.31. The minimum absolute atomic E-state index is 0.0229. The number of amides is 2. The van der Waals surface area contributed by atoms with Gasteiger partial charge in [0.25, 0.3) is 5.91 Å². The third kappa shape index (κ3) is 5.40. The van der Waals surface area contributed by atoms with Crippen LogP contribution in [0.1, 0.15) is 62.4 Å². The molecule has 7 unspecified atom stereocenters. The molecule has 0 spiro atoms. The summed E-state index contributed by atoms with van der Waals surface area (Å²) in [6, 6.07) is 9.33. The van der Waals surface area contributed by atoms with Crippen molar-refractivity contribution in [2.75, 3.05) is 0 Å². The van der Waals surface area contributed by atoms with Gasteiger partial charge in [-0.3, -0.25) is 14.6 Å². The van der Waals surface area contributed by atoms with Gasteiger partial charge in [0, 0.05) is 36.5 Å². The van der Waals surface area contributed by atoms with E-state index < -0.39 is 11.9 Å². The van der Waals surface area contributed by atoms with Gasteiger partial charge in [-0.15, -0.1) is 0 Å². The Morgan fingerprint density at radius 2 is 2.00 bits per heavy atom. The third-order valence-corrected chi connectivity index (χ3v) is 8.54. The van der Waals surface area contributed by atoms with E-state index in [4.69, 9.17) is 0 Å². The molecule has 7 atom stereocenters. The number of aliphatic hydroxyl groups is 1. The number of nitrogens with zero attached hydrogens (tertiary/aromatic N) is 1. The van der Waals surface area contributed by atoms with Crippen LogP contribution in [-0.2, 0) is 11.3 Å². The largest absolute Gasteiger partial charge is 0.392 e. The molecule has 35 heavy (non-hydrogen) atoms. The maximum atomic E-state index is 13.6. The van der Waals surface area contributed by atoms with Gasteiger partial charge in [-0.05, 0) is 78.7 Å². The van der Waals surface area contributed by atoms with Gasteiger partial charge in [-0.25, -0.2) is 4.39 Å². The van der Waals surface area contributed by atoms with Crippen molar-refractivity contribution in [3.8, 4) is 0 Å². The van der Waals surface area contributed by atoms with Gasteiger partial charge in [0.1, 0.15) is 5.82 Å². The number of carbonyl (C=O) groups excluding carboxylic acids is 2. The predicted molar refractivity (Wildman–Crippen MR) is 132 cm³/mol. The van der Waals surface area contributed by atoms with Crippen LogP contribution in [0.15, 0.2) is 48.8 Å². The normalized spacial score (nSPS) is 31.2. The fourth-order valence-electron chi connectivity index (χ4n) is 6.43. The van der Waals surface area contributed by atoms with Crippen LogP contribution in [0.25, 0.3) is 0 Å². The zero-order valence-electron chi connectivity index (χ0n) is 20.7. The predicted octanol–water partition coefficient (Wildman–Crippen LogP) is 4.09. The van der Waals surface area contributed by atoms with Crippen LogP contribution >= 0.6 is 0 Å². The summed E-state index contributed by atoms with van der Waals surface area (Å²) in [6.07, 6.45) is 6.22. The van der Waals surface area contributed by atoms with Crippen LogP contribution in [0.4, 0.5) is 4.39 Å². The molecule has 0 radical (unpaired) electrons. The van der Waals surface area contributed by atoms with Crippen LogP contribution in [0, 0.1) is 34.9 Å². The van der Waals surface area contributed by atoms with Crippen LogP contribution < -0.4 is 10.6 Å². The number of rotatable bonds is 6. The topological polar surface area (TPSA) is 91.3 Å². The van der Waals surface area contributed by atoms with Crippen molar-refractivity contribution in [2.45, 2.75) is 65.1 Å². The van der Waals surface area contributed by atoms with E-state index in [1.165, 1.54) is 18.2 Å². The van der Waals surface area contributed by atoms with Crippen molar-refractivity contribution in [1.82, 2.24) is 15.6 Å². The quantitative estimate of drug-likeness (QED) is 0.580. The number of nitrogens with one attached hydrogen (secondary N) is 2. The lowest BCUT2D eigenvalue weighted by molar-refractivity contribution is -0.142. The molecule has 3 N–H and O–H groups in total. The maximum Gasteiger partial charge on any atom is 0.251 e. The molecule has 1 heterocycles. The SMILES string of the molecule is CC(C(=O)NCc1cccnc1)C1CCC2(C)CCC(NC(=O)c3cccc(F)c3)C(C)C2C1O. The molecule has 0 bridgehead atoms. The first-order valence-corrected chi connectivity index (χ1v) is 12.6. The Labute approximate surface area is 206 Å². The molecule has 7 heteroatoms. The highest BCUT2D eigenvalue weighted by molar-refractivity contribution is 5.94. The summed E-state index contributed by atoms with van der Waals surface area (Å²) in [5.41, 5.74) is 1.19. The average molecular weight is 482 g/mol. The Kier molecular flexibility index (Phi) is 7.55. The molecule has 2 saturated carbocycles. The van der Waals surface area contributed by atoms with Crippen molar-refractivity contribution in [3.05, 3.63) is 65.7 Å². The Bertz CT molecular complexity index is 1050. The smallest absolute Gasteiger partial charge is 0.251 e. The standard InChI is InChI=1S/C28H36FN3O3/c1-17(26(34)31-16-19-6-5-13-30-15-19)22-9-11-28(3)12-10-23(18(2)24(28)25(22)33)32-27(35)20-7-4-8-21(29)14-20/h4-8,13-15,17-18,22-25,33H,9-12,16H2,1-3H3,(H,31,34)(H,32,35). The Morgan fingerprint density at radius 1 is 1.23 bits per heavy atom. The lowest BCUT2D eigenvalue weighted by Gasteiger charge is -2.56. The molecule has 1 aromatic carbocycles. The van der Waals surface area contributed by atoms with Crippen LogP contribution in [0.2, 0.25) is 0 Å². The second kappa shape index (κ2) is 10.4. The van der Waals surface area contributed by atoms with Crippen molar-refractivity contribution in [1.29, 1.82) is 0 Å². The number of hydrogen-bond donors (Lipinski definition) is 3. The molecule has 1 aromatic heterocycles. The fraction of sp³-hybridized carbons (Fsp3) is 0.536. The van der Waals surface area contributed by atoms with E-state index in [-0.39, 0.29) is 46.9 Å². The molecule has 6 nitrogen and oxygen atoms in total. The molecule has 0 saturated heterocycles. The van der Waals surface area contributed by atoms with E-state index in [9.17, 15) is 19.1 Å². The zero-order chi connectivity index (χ0) is 25.2. The second-order valence-electron chi connectivity index (χ2n) is 10.7. The number of carbonyl (C=O) groups is 2. The van der Waals surface area contributed by atoms with Crippen LogP contribution in [0.5, 0.6) is 0 Å². The van der Waals surface area contributed by atoms with Crippen LogP contribution in [0.3, 0.4) is 0 Å². The minimum Gasteiger partial charge on any atom is -0.392 e. The van der Waals surface area contributed by atoms with E-state index in [0.717, 1.165) is 31.2 Å². The van der Waals surface area contributed by atoms with E-state index >= 15 is 0 Å². The minimum atomic E-state index is -0.642. The lowest BCUT2D eigenvalue weighted by atomic mass is 9.51. The van der Waals surface area contributed by atoms with Gasteiger partial charge in [0.15, 0.2) is 0 Å². The molecule has 2 aliphatic carbocycles. The van der Waals surface area contributed by atoms with Gasteiger partial charge in [0.2, 0.25) is 5.91 Å². The molecular weight excluding hydrogens is 445 g/mol. The molecule has 2 aliphatic rings. The highest BCUT2D eigenvalue weighted by Gasteiger charge is 2.53. The number of aromatic nitrogens is 1.